The van der Waals surface area contributed by atoms with Gasteiger partial charge in [0.15, 0.2) is 0 Å². The summed E-state index contributed by atoms with van der Waals surface area (Å²) in [6, 6.07) is 7.41. The van der Waals surface area contributed by atoms with Crippen molar-refractivity contribution >= 4 is 27.9 Å². The molecule has 122 valence electrons. The predicted octanol–water partition coefficient (Wildman–Crippen LogP) is 4.11. The van der Waals surface area contributed by atoms with Crippen molar-refractivity contribution in [1.82, 2.24) is 0 Å². The van der Waals surface area contributed by atoms with Gasteiger partial charge in [0.1, 0.15) is 5.75 Å². The number of benzene rings is 1. The Hall–Kier alpha value is -2.01. The van der Waals surface area contributed by atoms with Crippen LogP contribution in [0.4, 0.5) is 10.7 Å². The number of nitrogens with two attached hydrogens (primary N) is 1. The maximum atomic E-state index is 12.7. The van der Waals surface area contributed by atoms with E-state index >= 15 is 0 Å². The van der Waals surface area contributed by atoms with E-state index in [4.69, 9.17) is 10.5 Å². The predicted molar refractivity (Wildman–Crippen MR) is 95.5 cm³/mol. The van der Waals surface area contributed by atoms with Crippen molar-refractivity contribution in [2.24, 2.45) is 5.92 Å². The van der Waals surface area contributed by atoms with E-state index in [9.17, 15) is 4.79 Å². The highest BCUT2D eigenvalue weighted by Crippen LogP contribution is 2.39. The number of methoxy groups -OCH3 is 1. The Bertz CT molecular complexity index is 724. The number of nitrogen functional groups attached to an aromatic ring is 1. The molecule has 1 atom stereocenters. The number of carbonyl (C=O) groups excluding carboxylic acids is 1. The summed E-state index contributed by atoms with van der Waals surface area (Å²) in [6.45, 7) is 2.22. The SMILES string of the molecule is CC[C@H]1CCc2c(sc(N)c2C(=O)Nc2ccccc2OC)C1. The lowest BCUT2D eigenvalue weighted by atomic mass is 9.85. The third-order valence-electron chi connectivity index (χ3n) is 4.55. The Labute approximate surface area is 140 Å². The minimum atomic E-state index is -0.139. The molecule has 0 unspecified atom stereocenters. The standard InChI is InChI=1S/C18H22N2O2S/c1-3-11-8-9-12-15(10-11)23-17(19)16(12)18(21)20-13-6-4-5-7-14(13)22-2/h4-7,11H,3,8-10,19H2,1-2H3,(H,20,21)/t11-/m0/s1. The van der Waals surface area contributed by atoms with Gasteiger partial charge in [-0.2, -0.15) is 0 Å². The molecule has 0 saturated carbocycles. The molecule has 0 spiro atoms. The number of nitrogens with one attached hydrogen (secondary N) is 1. The Balaban J connectivity index is 1.87. The van der Waals surface area contributed by atoms with Crippen LogP contribution in [0.2, 0.25) is 0 Å². The van der Waals surface area contributed by atoms with Crippen molar-refractivity contribution < 1.29 is 9.53 Å². The number of rotatable bonds is 4. The quantitative estimate of drug-likeness (QED) is 0.887. The smallest absolute Gasteiger partial charge is 0.259 e. The van der Waals surface area contributed by atoms with Crippen LogP contribution >= 0.6 is 11.3 Å². The molecule has 0 fully saturated rings. The lowest BCUT2D eigenvalue weighted by Gasteiger charge is -2.21. The Morgan fingerprint density at radius 1 is 1.43 bits per heavy atom. The molecule has 4 nitrogen and oxygen atoms in total. The molecule has 1 aromatic heterocycles. The van der Waals surface area contributed by atoms with E-state index in [-0.39, 0.29) is 5.91 Å². The molecule has 1 aliphatic rings. The number of thiophene rings is 1. The Morgan fingerprint density at radius 2 is 2.22 bits per heavy atom. The summed E-state index contributed by atoms with van der Waals surface area (Å²) in [5.74, 6) is 1.22. The third-order valence-corrected chi connectivity index (χ3v) is 5.64. The molecule has 0 saturated heterocycles. The fourth-order valence-corrected chi connectivity index (χ4v) is 4.44. The van der Waals surface area contributed by atoms with Crippen LogP contribution in [-0.4, -0.2) is 13.0 Å². The number of carbonyl (C=O) groups is 1. The zero-order valence-electron chi connectivity index (χ0n) is 13.5. The van der Waals surface area contributed by atoms with Gasteiger partial charge in [0, 0.05) is 4.88 Å². The molecule has 1 amide bonds. The van der Waals surface area contributed by atoms with Crippen molar-refractivity contribution in [2.45, 2.75) is 32.6 Å². The molecule has 23 heavy (non-hydrogen) atoms. The summed E-state index contributed by atoms with van der Waals surface area (Å²) < 4.78 is 5.29. The summed E-state index contributed by atoms with van der Waals surface area (Å²) in [4.78, 5) is 14.0. The minimum Gasteiger partial charge on any atom is -0.495 e. The molecular formula is C18H22N2O2S. The van der Waals surface area contributed by atoms with Crippen LogP contribution in [-0.2, 0) is 12.8 Å². The first kappa shape index (κ1) is 15.9. The largest absolute Gasteiger partial charge is 0.495 e. The van der Waals surface area contributed by atoms with E-state index in [2.05, 4.69) is 12.2 Å². The van der Waals surface area contributed by atoms with Crippen molar-refractivity contribution in [3.63, 3.8) is 0 Å². The zero-order valence-corrected chi connectivity index (χ0v) is 14.3. The summed E-state index contributed by atoms with van der Waals surface area (Å²) in [7, 11) is 1.59. The molecule has 1 aliphatic carbocycles. The number of hydrogen-bond acceptors (Lipinski definition) is 4. The van der Waals surface area contributed by atoms with Gasteiger partial charge in [-0.15, -0.1) is 11.3 Å². The van der Waals surface area contributed by atoms with Gasteiger partial charge < -0.3 is 15.8 Å². The van der Waals surface area contributed by atoms with Gasteiger partial charge in [-0.1, -0.05) is 25.5 Å². The highest BCUT2D eigenvalue weighted by atomic mass is 32.1. The molecule has 3 rings (SSSR count). The number of hydrogen-bond donors (Lipinski definition) is 2. The highest BCUT2D eigenvalue weighted by Gasteiger charge is 2.27. The van der Waals surface area contributed by atoms with E-state index in [1.807, 2.05) is 24.3 Å². The molecular weight excluding hydrogens is 308 g/mol. The molecule has 1 aromatic carbocycles. The van der Waals surface area contributed by atoms with E-state index in [1.54, 1.807) is 18.4 Å². The molecule has 2 aromatic rings. The van der Waals surface area contributed by atoms with Crippen LogP contribution in [0.25, 0.3) is 0 Å². The molecule has 0 bridgehead atoms. The lowest BCUT2D eigenvalue weighted by molar-refractivity contribution is 0.102. The molecule has 5 heteroatoms. The number of fused-ring (bicyclic) bond motifs is 1. The first-order chi connectivity index (χ1) is 11.1. The topological polar surface area (TPSA) is 64.4 Å². The second-order valence-corrected chi connectivity index (χ2v) is 7.05. The van der Waals surface area contributed by atoms with Gasteiger partial charge in [0.2, 0.25) is 0 Å². The van der Waals surface area contributed by atoms with Crippen molar-refractivity contribution in [3.05, 3.63) is 40.3 Å². The average molecular weight is 330 g/mol. The fourth-order valence-electron chi connectivity index (χ4n) is 3.21. The summed E-state index contributed by atoms with van der Waals surface area (Å²) >= 11 is 1.57. The summed E-state index contributed by atoms with van der Waals surface area (Å²) in [5, 5.41) is 3.57. The lowest BCUT2D eigenvalue weighted by Crippen LogP contribution is -2.18. The second kappa shape index (κ2) is 6.62. The van der Waals surface area contributed by atoms with Gasteiger partial charge in [-0.25, -0.2) is 0 Å². The van der Waals surface area contributed by atoms with E-state index in [1.165, 1.54) is 11.3 Å². The van der Waals surface area contributed by atoms with Crippen LogP contribution in [0, 0.1) is 5.92 Å². The fraction of sp³-hybridized carbons (Fsp3) is 0.389. The Morgan fingerprint density at radius 3 is 2.96 bits per heavy atom. The van der Waals surface area contributed by atoms with E-state index in [0.717, 1.165) is 24.8 Å². The number of ether oxygens (including phenoxy) is 1. The molecule has 0 radical (unpaired) electrons. The van der Waals surface area contributed by atoms with Gasteiger partial charge in [-0.3, -0.25) is 4.79 Å². The van der Waals surface area contributed by atoms with Crippen LogP contribution in [0.15, 0.2) is 24.3 Å². The molecule has 0 aliphatic heterocycles. The highest BCUT2D eigenvalue weighted by molar-refractivity contribution is 7.16. The van der Waals surface area contributed by atoms with Gasteiger partial charge in [0.25, 0.3) is 5.91 Å². The van der Waals surface area contributed by atoms with Gasteiger partial charge >= 0.3 is 0 Å². The van der Waals surface area contributed by atoms with Crippen LogP contribution < -0.4 is 15.8 Å². The minimum absolute atomic E-state index is 0.139. The average Bonchev–Trinajstić information content (AvgIpc) is 2.90. The van der Waals surface area contributed by atoms with Crippen molar-refractivity contribution in [1.29, 1.82) is 0 Å². The van der Waals surface area contributed by atoms with Crippen molar-refractivity contribution in [2.75, 3.05) is 18.2 Å². The van der Waals surface area contributed by atoms with Crippen LogP contribution in [0.1, 0.15) is 40.6 Å². The first-order valence-electron chi connectivity index (χ1n) is 7.98. The normalized spacial score (nSPS) is 16.7. The first-order valence-corrected chi connectivity index (χ1v) is 8.80. The van der Waals surface area contributed by atoms with E-state index in [0.29, 0.717) is 27.9 Å². The van der Waals surface area contributed by atoms with E-state index < -0.39 is 0 Å². The van der Waals surface area contributed by atoms with Crippen LogP contribution in [0.5, 0.6) is 5.75 Å². The molecule has 1 heterocycles. The number of anilines is 2. The van der Waals surface area contributed by atoms with Crippen molar-refractivity contribution in [3.8, 4) is 5.75 Å². The summed E-state index contributed by atoms with van der Waals surface area (Å²) in [6.07, 6.45) is 4.30. The van der Waals surface area contributed by atoms with Crippen LogP contribution in [0.3, 0.4) is 0 Å². The Kier molecular flexibility index (Phi) is 4.57. The molecule has 3 N–H and O–H groups in total. The van der Waals surface area contributed by atoms with Gasteiger partial charge in [0.05, 0.1) is 23.4 Å². The third kappa shape index (κ3) is 3.06. The number of amides is 1. The maximum Gasteiger partial charge on any atom is 0.259 e. The second-order valence-electron chi connectivity index (χ2n) is 5.91. The number of para-hydroxylation sites is 2. The summed E-state index contributed by atoms with van der Waals surface area (Å²) in [5.41, 5.74) is 8.63. The maximum absolute atomic E-state index is 12.7. The monoisotopic (exact) mass is 330 g/mol. The zero-order chi connectivity index (χ0) is 16.4. The van der Waals surface area contributed by atoms with Gasteiger partial charge in [-0.05, 0) is 42.9 Å².